The fourth-order valence-corrected chi connectivity index (χ4v) is 4.17. The molecule has 1 amide bonds. The minimum absolute atomic E-state index is 0.0954. The fraction of sp³-hybridized carbons (Fsp3) is 0.737. The molecule has 1 aromatic heterocycles. The van der Waals surface area contributed by atoms with Gasteiger partial charge >= 0.3 is 0 Å². The smallest absolute Gasteiger partial charge is 0.256 e. The molecule has 1 atom stereocenters. The number of amides is 1. The van der Waals surface area contributed by atoms with Crippen LogP contribution in [0.5, 0.6) is 0 Å². The van der Waals surface area contributed by atoms with Crippen molar-refractivity contribution in [1.29, 1.82) is 0 Å². The van der Waals surface area contributed by atoms with Crippen LogP contribution < -0.4 is 5.56 Å². The standard InChI is InChI=1S/C19H30N4O2/c1-14-15(2)20-13-22(19(14)25)11-17-6-9-21(10-7-17)12-18-5-4-8-23(18)16(3)24/h13,17-18H,4-12H2,1-3H3. The Morgan fingerprint density at radius 1 is 1.16 bits per heavy atom. The predicted molar refractivity (Wildman–Crippen MR) is 97.5 cm³/mol. The minimum Gasteiger partial charge on any atom is -0.339 e. The normalized spacial score (nSPS) is 22.5. The summed E-state index contributed by atoms with van der Waals surface area (Å²) in [5.41, 5.74) is 1.67. The van der Waals surface area contributed by atoms with Crippen LogP contribution in [-0.2, 0) is 11.3 Å². The van der Waals surface area contributed by atoms with Gasteiger partial charge in [0.1, 0.15) is 0 Å². The Labute approximate surface area is 149 Å². The topological polar surface area (TPSA) is 58.4 Å². The number of hydrogen-bond acceptors (Lipinski definition) is 4. The van der Waals surface area contributed by atoms with Crippen LogP contribution in [0.2, 0.25) is 0 Å². The van der Waals surface area contributed by atoms with Gasteiger partial charge in [0.2, 0.25) is 5.91 Å². The number of hydrogen-bond donors (Lipinski definition) is 0. The zero-order chi connectivity index (χ0) is 18.0. The second-order valence-corrected chi connectivity index (χ2v) is 7.66. The van der Waals surface area contributed by atoms with Gasteiger partial charge in [0.25, 0.3) is 5.56 Å². The molecular formula is C19H30N4O2. The average Bonchev–Trinajstić information content (AvgIpc) is 3.05. The number of aromatic nitrogens is 2. The summed E-state index contributed by atoms with van der Waals surface area (Å²) in [4.78, 5) is 32.9. The Hall–Kier alpha value is -1.69. The van der Waals surface area contributed by atoms with E-state index in [0.717, 1.165) is 69.7 Å². The van der Waals surface area contributed by atoms with Gasteiger partial charge in [-0.1, -0.05) is 0 Å². The van der Waals surface area contributed by atoms with Crippen molar-refractivity contribution in [2.24, 2.45) is 5.92 Å². The molecule has 0 N–H and O–H groups in total. The highest BCUT2D eigenvalue weighted by Gasteiger charge is 2.29. The number of nitrogens with zero attached hydrogens (tertiary/aromatic N) is 4. The van der Waals surface area contributed by atoms with E-state index in [-0.39, 0.29) is 11.5 Å². The van der Waals surface area contributed by atoms with Gasteiger partial charge in [0.15, 0.2) is 0 Å². The molecule has 0 aromatic carbocycles. The van der Waals surface area contributed by atoms with Gasteiger partial charge in [-0.05, 0) is 58.5 Å². The number of piperidine rings is 1. The van der Waals surface area contributed by atoms with Crippen LogP contribution in [0.25, 0.3) is 0 Å². The van der Waals surface area contributed by atoms with Crippen molar-refractivity contribution in [2.75, 3.05) is 26.2 Å². The highest BCUT2D eigenvalue weighted by molar-refractivity contribution is 5.73. The van der Waals surface area contributed by atoms with Crippen LogP contribution in [0.4, 0.5) is 0 Å². The molecule has 2 saturated heterocycles. The molecule has 2 aliphatic rings. The van der Waals surface area contributed by atoms with Crippen LogP contribution >= 0.6 is 0 Å². The number of rotatable bonds is 4. The summed E-state index contributed by atoms with van der Waals surface area (Å²) in [6.45, 7) is 10.2. The maximum Gasteiger partial charge on any atom is 0.256 e. The van der Waals surface area contributed by atoms with Crippen molar-refractivity contribution in [3.63, 3.8) is 0 Å². The lowest BCUT2D eigenvalue weighted by Crippen LogP contribution is -2.45. The summed E-state index contributed by atoms with van der Waals surface area (Å²) in [5.74, 6) is 0.740. The predicted octanol–water partition coefficient (Wildman–Crippen LogP) is 1.58. The van der Waals surface area contributed by atoms with E-state index < -0.39 is 0 Å². The first-order valence-corrected chi connectivity index (χ1v) is 9.48. The molecule has 0 aliphatic carbocycles. The van der Waals surface area contributed by atoms with E-state index in [0.29, 0.717) is 12.0 Å². The minimum atomic E-state index is 0.0954. The molecule has 0 spiro atoms. The van der Waals surface area contributed by atoms with E-state index in [1.165, 1.54) is 0 Å². The SMILES string of the molecule is CC(=O)N1CCCC1CN1CCC(Cn2cnc(C)c(C)c2=O)CC1. The highest BCUT2D eigenvalue weighted by Crippen LogP contribution is 2.23. The summed E-state index contributed by atoms with van der Waals surface area (Å²) < 4.78 is 1.77. The number of carbonyl (C=O) groups excluding carboxylic acids is 1. The third-order valence-corrected chi connectivity index (χ3v) is 5.93. The maximum atomic E-state index is 12.3. The molecule has 2 fully saturated rings. The zero-order valence-electron chi connectivity index (χ0n) is 15.7. The number of likely N-dealkylation sites (tertiary alicyclic amines) is 2. The molecule has 0 saturated carbocycles. The van der Waals surface area contributed by atoms with Crippen LogP contribution in [0, 0.1) is 19.8 Å². The third kappa shape index (κ3) is 4.11. The van der Waals surface area contributed by atoms with E-state index in [4.69, 9.17) is 0 Å². The van der Waals surface area contributed by atoms with Gasteiger partial charge in [-0.2, -0.15) is 0 Å². The van der Waals surface area contributed by atoms with E-state index in [2.05, 4.69) is 9.88 Å². The van der Waals surface area contributed by atoms with Crippen molar-refractivity contribution >= 4 is 5.91 Å². The first-order valence-electron chi connectivity index (χ1n) is 9.48. The summed E-state index contributed by atoms with van der Waals surface area (Å²) >= 11 is 0. The first kappa shape index (κ1) is 18.1. The monoisotopic (exact) mass is 346 g/mol. The van der Waals surface area contributed by atoms with E-state index >= 15 is 0 Å². The Kier molecular flexibility index (Phi) is 5.57. The molecule has 2 aliphatic heterocycles. The molecule has 25 heavy (non-hydrogen) atoms. The van der Waals surface area contributed by atoms with Gasteiger partial charge in [-0.3, -0.25) is 14.2 Å². The quantitative estimate of drug-likeness (QED) is 0.831. The molecule has 6 nitrogen and oxygen atoms in total. The summed E-state index contributed by atoms with van der Waals surface area (Å²) in [7, 11) is 0. The summed E-state index contributed by atoms with van der Waals surface area (Å²) in [6, 6.07) is 0.389. The van der Waals surface area contributed by atoms with Crippen molar-refractivity contribution in [3.05, 3.63) is 27.9 Å². The highest BCUT2D eigenvalue weighted by atomic mass is 16.2. The largest absolute Gasteiger partial charge is 0.339 e. The Morgan fingerprint density at radius 2 is 1.88 bits per heavy atom. The molecule has 3 heterocycles. The maximum absolute atomic E-state index is 12.3. The lowest BCUT2D eigenvalue weighted by molar-refractivity contribution is -0.130. The molecular weight excluding hydrogens is 316 g/mol. The Morgan fingerprint density at radius 3 is 2.56 bits per heavy atom. The molecule has 0 bridgehead atoms. The second-order valence-electron chi connectivity index (χ2n) is 7.66. The van der Waals surface area contributed by atoms with Crippen LogP contribution in [0.1, 0.15) is 43.9 Å². The van der Waals surface area contributed by atoms with E-state index in [1.807, 2.05) is 18.7 Å². The number of carbonyl (C=O) groups is 1. The number of aryl methyl sites for hydroxylation is 1. The first-order chi connectivity index (χ1) is 12.0. The Bertz CT molecular complexity index is 676. The summed E-state index contributed by atoms with van der Waals surface area (Å²) in [5, 5.41) is 0. The van der Waals surface area contributed by atoms with Crippen LogP contribution in [0.3, 0.4) is 0 Å². The van der Waals surface area contributed by atoms with E-state index in [1.54, 1.807) is 17.8 Å². The van der Waals surface area contributed by atoms with Gasteiger partial charge < -0.3 is 9.80 Å². The van der Waals surface area contributed by atoms with Crippen molar-refractivity contribution < 1.29 is 4.79 Å². The molecule has 138 valence electrons. The lowest BCUT2D eigenvalue weighted by atomic mass is 9.96. The van der Waals surface area contributed by atoms with Gasteiger partial charge in [0.05, 0.1) is 6.33 Å². The average molecular weight is 346 g/mol. The third-order valence-electron chi connectivity index (χ3n) is 5.93. The molecule has 1 aromatic rings. The molecule has 3 rings (SSSR count). The molecule has 1 unspecified atom stereocenters. The van der Waals surface area contributed by atoms with Crippen molar-refractivity contribution in [1.82, 2.24) is 19.4 Å². The van der Waals surface area contributed by atoms with Crippen LogP contribution in [0.15, 0.2) is 11.1 Å². The lowest BCUT2D eigenvalue weighted by Gasteiger charge is -2.35. The van der Waals surface area contributed by atoms with Crippen molar-refractivity contribution in [2.45, 2.75) is 59.0 Å². The second kappa shape index (κ2) is 7.68. The van der Waals surface area contributed by atoms with Gasteiger partial charge in [-0.25, -0.2) is 4.98 Å². The molecule has 6 heteroatoms. The Balaban J connectivity index is 1.52. The van der Waals surface area contributed by atoms with E-state index in [9.17, 15) is 9.59 Å². The van der Waals surface area contributed by atoms with Crippen LogP contribution in [-0.4, -0.2) is 57.5 Å². The summed E-state index contributed by atoms with van der Waals surface area (Å²) in [6.07, 6.45) is 6.16. The zero-order valence-corrected chi connectivity index (χ0v) is 15.7. The van der Waals surface area contributed by atoms with Gasteiger partial charge in [0, 0.05) is 43.9 Å². The molecule has 0 radical (unpaired) electrons. The fourth-order valence-electron chi connectivity index (χ4n) is 4.17. The van der Waals surface area contributed by atoms with Gasteiger partial charge in [-0.15, -0.1) is 0 Å². The van der Waals surface area contributed by atoms with Crippen molar-refractivity contribution in [3.8, 4) is 0 Å².